The van der Waals surface area contributed by atoms with Gasteiger partial charge in [-0.3, -0.25) is 9.59 Å². The van der Waals surface area contributed by atoms with E-state index < -0.39 is 0 Å². The Labute approximate surface area is 223 Å². The molecule has 0 aliphatic heterocycles. The van der Waals surface area contributed by atoms with E-state index >= 15 is 0 Å². The summed E-state index contributed by atoms with van der Waals surface area (Å²) in [6.45, 7) is 10.2. The summed E-state index contributed by atoms with van der Waals surface area (Å²) in [6, 6.07) is 20.6. The van der Waals surface area contributed by atoms with E-state index in [9.17, 15) is 9.59 Å². The van der Waals surface area contributed by atoms with Gasteiger partial charge in [-0.2, -0.15) is 0 Å². The number of carbonyl (C=O) groups is 2. The lowest BCUT2D eigenvalue weighted by atomic mass is 9.87. The quantitative estimate of drug-likeness (QED) is 0.335. The van der Waals surface area contributed by atoms with Gasteiger partial charge in [-0.25, -0.2) is 4.68 Å². The van der Waals surface area contributed by atoms with E-state index in [4.69, 9.17) is 4.74 Å². The first-order valence-corrected chi connectivity index (χ1v) is 12.5. The van der Waals surface area contributed by atoms with E-state index in [0.29, 0.717) is 22.7 Å². The Morgan fingerprint density at radius 3 is 2.39 bits per heavy atom. The zero-order valence-electron chi connectivity index (χ0n) is 22.6. The molecule has 0 spiro atoms. The van der Waals surface area contributed by atoms with E-state index in [0.717, 1.165) is 16.7 Å². The van der Waals surface area contributed by atoms with Crippen molar-refractivity contribution < 1.29 is 14.3 Å². The van der Waals surface area contributed by atoms with E-state index in [1.165, 1.54) is 4.68 Å². The smallest absolute Gasteiger partial charge is 0.273 e. The molecule has 8 heteroatoms. The van der Waals surface area contributed by atoms with Crippen LogP contribution in [0.2, 0.25) is 0 Å². The molecule has 196 valence electrons. The number of nitrogens with zero attached hydrogens (tertiary/aromatic N) is 3. The zero-order chi connectivity index (χ0) is 27.4. The number of ether oxygens (including phenoxy) is 1. The highest BCUT2D eigenvalue weighted by Gasteiger charge is 2.19. The SMILES string of the molecule is COc1ccc(C(C)(C)C)cc1NC(=O)c1ccc(C)c(-n2cc(C(=O)NC(C)c3ccccc3)nn2)c1. The van der Waals surface area contributed by atoms with Crippen LogP contribution in [0.1, 0.15) is 71.3 Å². The van der Waals surface area contributed by atoms with Crippen LogP contribution in [0.3, 0.4) is 0 Å². The van der Waals surface area contributed by atoms with Gasteiger partial charge < -0.3 is 15.4 Å². The van der Waals surface area contributed by atoms with Gasteiger partial charge in [0.2, 0.25) is 0 Å². The second-order valence-corrected chi connectivity index (χ2v) is 10.3. The predicted octanol–water partition coefficient (Wildman–Crippen LogP) is 5.63. The molecule has 38 heavy (non-hydrogen) atoms. The zero-order valence-corrected chi connectivity index (χ0v) is 22.6. The first kappa shape index (κ1) is 26.6. The first-order chi connectivity index (χ1) is 18.1. The van der Waals surface area contributed by atoms with Crippen molar-refractivity contribution in [1.82, 2.24) is 20.3 Å². The van der Waals surface area contributed by atoms with Crippen molar-refractivity contribution in [2.75, 3.05) is 12.4 Å². The number of hydrogen-bond acceptors (Lipinski definition) is 5. The highest BCUT2D eigenvalue weighted by atomic mass is 16.5. The number of aromatic nitrogens is 3. The number of benzene rings is 3. The second-order valence-electron chi connectivity index (χ2n) is 10.3. The standard InChI is InChI=1S/C30H33N5O3/c1-19-12-13-22(28(36)32-24-17-23(30(3,4)5)14-15-27(24)38-6)16-26(19)35-18-25(33-34-35)29(37)31-20(2)21-10-8-7-9-11-21/h7-18,20H,1-6H3,(H,31,37)(H,32,36). The molecule has 0 bridgehead atoms. The van der Waals surface area contributed by atoms with Gasteiger partial charge in [-0.15, -0.1) is 5.10 Å². The van der Waals surface area contributed by atoms with Crippen molar-refractivity contribution in [3.63, 3.8) is 0 Å². The topological polar surface area (TPSA) is 98.1 Å². The predicted molar refractivity (Wildman–Crippen MR) is 148 cm³/mol. The molecular weight excluding hydrogens is 478 g/mol. The van der Waals surface area contributed by atoms with E-state index in [1.807, 2.05) is 68.4 Å². The molecule has 8 nitrogen and oxygen atoms in total. The summed E-state index contributed by atoms with van der Waals surface area (Å²) in [6.07, 6.45) is 1.56. The maximum Gasteiger partial charge on any atom is 0.273 e. The highest BCUT2D eigenvalue weighted by Crippen LogP contribution is 2.32. The summed E-state index contributed by atoms with van der Waals surface area (Å²) in [5.41, 5.74) is 4.73. The maximum atomic E-state index is 13.2. The third-order valence-electron chi connectivity index (χ3n) is 6.41. The molecule has 0 fully saturated rings. The average Bonchev–Trinajstić information content (AvgIpc) is 3.39. The van der Waals surface area contributed by atoms with Crippen LogP contribution in [-0.4, -0.2) is 33.9 Å². The van der Waals surface area contributed by atoms with Crippen molar-refractivity contribution in [2.24, 2.45) is 0 Å². The Hall–Kier alpha value is -4.46. The van der Waals surface area contributed by atoms with Gasteiger partial charge in [0.05, 0.1) is 30.7 Å². The largest absolute Gasteiger partial charge is 0.495 e. The molecule has 4 rings (SSSR count). The summed E-state index contributed by atoms with van der Waals surface area (Å²) in [5.74, 6) is -0.0364. The summed E-state index contributed by atoms with van der Waals surface area (Å²) >= 11 is 0. The van der Waals surface area contributed by atoms with Crippen LogP contribution in [0.25, 0.3) is 5.69 Å². The van der Waals surface area contributed by atoms with E-state index in [1.54, 1.807) is 25.4 Å². The summed E-state index contributed by atoms with van der Waals surface area (Å²) in [4.78, 5) is 26.0. The van der Waals surface area contributed by atoms with Crippen molar-refractivity contribution in [3.8, 4) is 11.4 Å². The summed E-state index contributed by atoms with van der Waals surface area (Å²) in [7, 11) is 1.57. The lowest BCUT2D eigenvalue weighted by molar-refractivity contribution is 0.0934. The minimum atomic E-state index is -0.329. The Morgan fingerprint density at radius 2 is 1.71 bits per heavy atom. The Morgan fingerprint density at radius 1 is 0.974 bits per heavy atom. The molecule has 0 aliphatic carbocycles. The van der Waals surface area contributed by atoms with Crippen LogP contribution in [0.5, 0.6) is 5.75 Å². The second kappa shape index (κ2) is 10.9. The van der Waals surface area contributed by atoms with E-state index in [-0.39, 0.29) is 29.0 Å². The van der Waals surface area contributed by atoms with Crippen molar-refractivity contribution in [3.05, 3.63) is 101 Å². The molecule has 2 N–H and O–H groups in total. The fourth-order valence-electron chi connectivity index (χ4n) is 4.05. The maximum absolute atomic E-state index is 13.2. The minimum Gasteiger partial charge on any atom is -0.495 e. The number of carbonyl (C=O) groups excluding carboxylic acids is 2. The molecule has 1 aromatic heterocycles. The fourth-order valence-corrected chi connectivity index (χ4v) is 4.05. The van der Waals surface area contributed by atoms with Crippen molar-refractivity contribution in [2.45, 2.75) is 46.1 Å². The number of anilines is 1. The monoisotopic (exact) mass is 511 g/mol. The van der Waals surface area contributed by atoms with Crippen molar-refractivity contribution in [1.29, 1.82) is 0 Å². The van der Waals surface area contributed by atoms with Crippen molar-refractivity contribution >= 4 is 17.5 Å². The fraction of sp³-hybridized carbons (Fsp3) is 0.267. The number of rotatable bonds is 7. The normalized spacial score (nSPS) is 12.1. The summed E-state index contributed by atoms with van der Waals surface area (Å²) < 4.78 is 6.98. The third kappa shape index (κ3) is 5.91. The molecule has 1 heterocycles. The summed E-state index contributed by atoms with van der Waals surface area (Å²) in [5, 5.41) is 14.1. The van der Waals surface area contributed by atoms with Crippen LogP contribution in [0, 0.1) is 6.92 Å². The third-order valence-corrected chi connectivity index (χ3v) is 6.41. The van der Waals surface area contributed by atoms with Crippen LogP contribution in [0.4, 0.5) is 5.69 Å². The number of amides is 2. The molecule has 0 saturated heterocycles. The molecule has 0 saturated carbocycles. The molecule has 1 atom stereocenters. The number of methoxy groups -OCH3 is 1. The van der Waals surface area contributed by atoms with Crippen LogP contribution in [-0.2, 0) is 5.41 Å². The average molecular weight is 512 g/mol. The molecule has 3 aromatic carbocycles. The molecular formula is C30H33N5O3. The number of hydrogen-bond donors (Lipinski definition) is 2. The minimum absolute atomic E-state index is 0.0846. The Kier molecular flexibility index (Phi) is 7.62. The van der Waals surface area contributed by atoms with Crippen LogP contribution >= 0.6 is 0 Å². The molecule has 4 aromatic rings. The molecule has 2 amide bonds. The number of aryl methyl sites for hydroxylation is 1. The van der Waals surface area contributed by atoms with Gasteiger partial charge >= 0.3 is 0 Å². The molecule has 1 unspecified atom stereocenters. The van der Waals surface area contributed by atoms with Gasteiger partial charge in [0.15, 0.2) is 5.69 Å². The van der Waals surface area contributed by atoms with Gasteiger partial charge in [0.1, 0.15) is 5.75 Å². The van der Waals surface area contributed by atoms with E-state index in [2.05, 4.69) is 41.7 Å². The first-order valence-electron chi connectivity index (χ1n) is 12.5. The van der Waals surface area contributed by atoms with Crippen LogP contribution < -0.4 is 15.4 Å². The molecule has 0 aliphatic rings. The number of nitrogens with one attached hydrogen (secondary N) is 2. The lowest BCUT2D eigenvalue weighted by Gasteiger charge is -2.21. The Balaban J connectivity index is 1.54. The lowest BCUT2D eigenvalue weighted by Crippen LogP contribution is -2.26. The molecule has 0 radical (unpaired) electrons. The van der Waals surface area contributed by atoms with Gasteiger partial charge in [-0.1, -0.05) is 68.4 Å². The van der Waals surface area contributed by atoms with Crippen LogP contribution in [0.15, 0.2) is 72.9 Å². The highest BCUT2D eigenvalue weighted by molar-refractivity contribution is 6.05. The van der Waals surface area contributed by atoms with Gasteiger partial charge in [-0.05, 0) is 60.2 Å². The Bertz CT molecular complexity index is 1450. The van der Waals surface area contributed by atoms with Gasteiger partial charge in [0, 0.05) is 5.56 Å². The van der Waals surface area contributed by atoms with Gasteiger partial charge in [0.25, 0.3) is 11.8 Å².